The normalized spacial score (nSPS) is 13.2. The molecule has 0 bridgehead atoms. The number of aryl methyl sites for hydroxylation is 1. The SMILES string of the molecule is CCC(C)(C)c1ccc(OC(C)(C)c2ccc(C)cc2)cc1.CCC(C)(C)c1ccc(OC(C)(C)c2cccc(O)c2)cc1.CCC(C)c1ccc(OC(C)(C)c2ccc(C=O)c3ccccc23)cc1.CCC(C)c1ccc(OC(C)(c2ccccc2)c2ccc(O)cc2)cc1.CCOC(C)Oc1cccc(C(C)(C)Oc2ccc(C(C)CC)cc2)c1. The van der Waals surface area contributed by atoms with Crippen LogP contribution in [0.15, 0.2) is 285 Å². The number of phenols is 2. The predicted molar refractivity (Wildman–Crippen MR) is 508 cm³/mol. The molecule has 12 aromatic rings. The average Bonchev–Trinajstić information content (AvgIpc) is 0.798. The second-order valence-electron chi connectivity index (χ2n) is 35.6. The van der Waals surface area contributed by atoms with Crippen LogP contribution in [-0.4, -0.2) is 29.4 Å². The lowest BCUT2D eigenvalue weighted by atomic mass is 9.82. The van der Waals surface area contributed by atoms with Crippen molar-refractivity contribution in [3.8, 4) is 46.0 Å². The Balaban J connectivity index is 0.000000190. The van der Waals surface area contributed by atoms with E-state index in [2.05, 4.69) is 272 Å². The highest BCUT2D eigenvalue weighted by atomic mass is 16.7. The minimum Gasteiger partial charge on any atom is -0.508 e. The Labute approximate surface area is 732 Å². The number of rotatable bonds is 31. The molecule has 0 fully saturated rings. The molecule has 0 aliphatic heterocycles. The molecule has 2 N–H and O–H groups in total. The van der Waals surface area contributed by atoms with Gasteiger partial charge in [0.1, 0.15) is 68.4 Å². The highest BCUT2D eigenvalue weighted by molar-refractivity contribution is 6.00. The smallest absolute Gasteiger partial charge is 0.196 e. The molecule has 5 unspecified atom stereocenters. The number of ether oxygens (including phenoxy) is 7. The Hall–Kier alpha value is -11.1. The van der Waals surface area contributed by atoms with Crippen LogP contribution in [0.3, 0.4) is 0 Å². The molecular formula is C112H138O10. The van der Waals surface area contributed by atoms with E-state index in [1.54, 1.807) is 24.3 Å². The Bertz CT molecular complexity index is 5140. The molecule has 0 saturated carbocycles. The van der Waals surface area contributed by atoms with Gasteiger partial charge in [-0.05, 0) is 307 Å². The van der Waals surface area contributed by atoms with Gasteiger partial charge in [-0.15, -0.1) is 0 Å². The van der Waals surface area contributed by atoms with Gasteiger partial charge < -0.3 is 43.4 Å². The van der Waals surface area contributed by atoms with Crippen LogP contribution >= 0.6 is 0 Å². The Morgan fingerprint density at radius 3 is 1.10 bits per heavy atom. The largest absolute Gasteiger partial charge is 0.508 e. The lowest BCUT2D eigenvalue weighted by Crippen LogP contribution is -2.30. The molecular weight excluding hydrogens is 1510 g/mol. The van der Waals surface area contributed by atoms with E-state index in [1.807, 2.05) is 155 Å². The Kier molecular flexibility index (Phi) is 34.5. The van der Waals surface area contributed by atoms with Gasteiger partial charge in [-0.3, -0.25) is 4.79 Å². The van der Waals surface area contributed by atoms with Crippen LogP contribution in [0.25, 0.3) is 10.8 Å². The van der Waals surface area contributed by atoms with Crippen molar-refractivity contribution in [2.24, 2.45) is 0 Å². The van der Waals surface area contributed by atoms with E-state index < -0.39 is 22.4 Å². The van der Waals surface area contributed by atoms with E-state index in [0.29, 0.717) is 29.9 Å². The number of carbonyl (C=O) groups excluding carboxylic acids is 1. The number of hydrogen-bond donors (Lipinski definition) is 2. The third-order valence-electron chi connectivity index (χ3n) is 24.0. The fraction of sp³-hybridized carbons (Fsp3) is 0.366. The summed E-state index contributed by atoms with van der Waals surface area (Å²) in [6.45, 7) is 52.0. The highest BCUT2D eigenvalue weighted by Crippen LogP contribution is 2.41. The van der Waals surface area contributed by atoms with E-state index in [9.17, 15) is 15.0 Å². The third kappa shape index (κ3) is 27.0. The summed E-state index contributed by atoms with van der Waals surface area (Å²) in [4.78, 5) is 11.4. The first-order valence-electron chi connectivity index (χ1n) is 43.9. The lowest BCUT2D eigenvalue weighted by molar-refractivity contribution is -0.0615. The zero-order valence-corrected chi connectivity index (χ0v) is 77.4. The fourth-order valence-electron chi connectivity index (χ4n) is 14.3. The Morgan fingerprint density at radius 2 is 0.680 bits per heavy atom. The van der Waals surface area contributed by atoms with Gasteiger partial charge in [-0.25, -0.2) is 0 Å². The number of aldehydes is 1. The van der Waals surface area contributed by atoms with Crippen LogP contribution in [0.1, 0.15) is 286 Å². The number of carbonyl (C=O) groups is 1. The first-order valence-corrected chi connectivity index (χ1v) is 43.9. The molecule has 0 radical (unpaired) electrons. The summed E-state index contributed by atoms with van der Waals surface area (Å²) in [7, 11) is 0. The van der Waals surface area contributed by atoms with Crippen molar-refractivity contribution in [3.63, 3.8) is 0 Å². The third-order valence-corrected chi connectivity index (χ3v) is 24.0. The van der Waals surface area contributed by atoms with Crippen LogP contribution in [-0.2, 0) is 43.6 Å². The predicted octanol–water partition coefficient (Wildman–Crippen LogP) is 30.4. The van der Waals surface area contributed by atoms with E-state index in [1.165, 1.54) is 38.9 Å². The number of hydrogen-bond acceptors (Lipinski definition) is 10. The number of benzene rings is 12. The summed E-state index contributed by atoms with van der Waals surface area (Å²) in [5, 5.41) is 21.3. The molecule has 0 saturated heterocycles. The minimum atomic E-state index is -0.646. The van der Waals surface area contributed by atoms with Crippen LogP contribution in [0.4, 0.5) is 0 Å². The number of phenolic OH excluding ortho intramolecular Hbond substituents is 2. The fourth-order valence-corrected chi connectivity index (χ4v) is 14.3. The summed E-state index contributed by atoms with van der Waals surface area (Å²) in [6.07, 6.45) is 6.25. The maximum atomic E-state index is 11.4. The lowest BCUT2D eigenvalue weighted by Gasteiger charge is -2.32. The van der Waals surface area contributed by atoms with E-state index in [-0.39, 0.29) is 34.2 Å². The maximum Gasteiger partial charge on any atom is 0.196 e. The molecule has 10 nitrogen and oxygen atoms in total. The van der Waals surface area contributed by atoms with Gasteiger partial charge in [0.15, 0.2) is 18.2 Å². The maximum absolute atomic E-state index is 11.4. The molecule has 122 heavy (non-hydrogen) atoms. The Morgan fingerprint density at radius 1 is 0.320 bits per heavy atom. The van der Waals surface area contributed by atoms with Crippen molar-refractivity contribution in [3.05, 3.63) is 357 Å². The van der Waals surface area contributed by atoms with Crippen LogP contribution < -0.4 is 28.4 Å². The van der Waals surface area contributed by atoms with Gasteiger partial charge in [-0.1, -0.05) is 277 Å². The van der Waals surface area contributed by atoms with Crippen molar-refractivity contribution >= 4 is 17.1 Å². The summed E-state index contributed by atoms with van der Waals surface area (Å²) < 4.78 is 42.8. The van der Waals surface area contributed by atoms with Gasteiger partial charge in [0.05, 0.1) is 0 Å². The zero-order chi connectivity index (χ0) is 89.2. The summed E-state index contributed by atoms with van der Waals surface area (Å²) in [5.41, 5.74) is 12.9. The highest BCUT2D eigenvalue weighted by Gasteiger charge is 2.33. The van der Waals surface area contributed by atoms with Crippen LogP contribution in [0, 0.1) is 6.92 Å². The van der Waals surface area contributed by atoms with Gasteiger partial charge in [0, 0.05) is 17.7 Å². The van der Waals surface area contributed by atoms with Gasteiger partial charge >= 0.3 is 0 Å². The molecule has 0 aliphatic rings. The molecule has 5 atom stereocenters. The minimum absolute atomic E-state index is 0.180. The van der Waals surface area contributed by atoms with Crippen molar-refractivity contribution in [1.82, 2.24) is 0 Å². The molecule has 646 valence electrons. The van der Waals surface area contributed by atoms with Gasteiger partial charge in [0.2, 0.25) is 0 Å². The first-order chi connectivity index (χ1) is 57.8. The summed E-state index contributed by atoms with van der Waals surface area (Å²) in [5.74, 6) is 7.27. The van der Waals surface area contributed by atoms with E-state index >= 15 is 0 Å². The van der Waals surface area contributed by atoms with Gasteiger partial charge in [0.25, 0.3) is 0 Å². The van der Waals surface area contributed by atoms with Crippen molar-refractivity contribution in [2.45, 2.75) is 261 Å². The molecule has 10 heteroatoms. The van der Waals surface area contributed by atoms with Crippen molar-refractivity contribution < 1.29 is 48.2 Å². The first kappa shape index (κ1) is 96.4. The molecule has 0 spiro atoms. The molecule has 12 rings (SSSR count). The van der Waals surface area contributed by atoms with E-state index in [0.717, 1.165) is 111 Å². The van der Waals surface area contributed by atoms with Crippen LogP contribution in [0.2, 0.25) is 0 Å². The quantitative estimate of drug-likeness (QED) is 0.0321. The molecule has 0 heterocycles. The van der Waals surface area contributed by atoms with Gasteiger partial charge in [-0.2, -0.15) is 0 Å². The number of aromatic hydroxyl groups is 2. The van der Waals surface area contributed by atoms with Crippen LogP contribution in [0.5, 0.6) is 46.0 Å². The monoisotopic (exact) mass is 1640 g/mol. The topological polar surface area (TPSA) is 122 Å². The number of fused-ring (bicyclic) bond motifs is 1. The second-order valence-corrected chi connectivity index (χ2v) is 35.6. The summed E-state index contributed by atoms with van der Waals surface area (Å²) in [6, 6.07) is 95.1. The zero-order valence-electron chi connectivity index (χ0n) is 77.4. The van der Waals surface area contributed by atoms with E-state index in [4.69, 9.17) is 33.2 Å². The average molecular weight is 1640 g/mol. The van der Waals surface area contributed by atoms with Crippen molar-refractivity contribution in [1.29, 1.82) is 0 Å². The molecule has 0 aliphatic carbocycles. The van der Waals surface area contributed by atoms with Crippen molar-refractivity contribution in [2.75, 3.05) is 6.61 Å². The molecule has 0 amide bonds. The molecule has 0 aromatic heterocycles. The second kappa shape index (κ2) is 43.6. The summed E-state index contributed by atoms with van der Waals surface area (Å²) >= 11 is 0. The molecule has 12 aromatic carbocycles. The standard InChI is InChI=1S/2C24H26O2.C23H32O3.C21H28O.C20H26O2/c1-5-17(2)18-10-13-20(14-11-18)26-24(3,4)23-15-12-19(16-25)21-8-6-7-9-22(21)23;1-4-18(2)19-10-16-23(17-11-19)26-24(3,20-8-6-5-7-9-20)21-12-14-22(25)15-13-21;1-7-17(3)19-12-14-21(15-13-19)26-23(5,6)20-10-9-11-22(16-20)25-18(4)24-8-2;1-7-20(3,4)17-12-14-19(15-13-17)22-21(5,6)18-10-8-16(2)9-11-18;1-6-19(2,3)15-10-12-18(13-11-15)22-20(4,5)16-8-7-9-17(21)14-16/h6-17H,5H2,1-4H3;5-18,25H,4H2,1-3H3;9-18H,7-8H2,1-6H3;8-15H,7H2,1-6H3;7-14,21H,6H2,1-5H3.